The molecule has 0 aliphatic heterocycles. The molecule has 1 aromatic carbocycles. The Labute approximate surface area is 142 Å². The first-order valence-corrected chi connectivity index (χ1v) is 11.5. The maximum atomic E-state index is 6.50. The Morgan fingerprint density at radius 3 is 2.09 bits per heavy atom. The molecule has 124 valence electrons. The van der Waals surface area contributed by atoms with Crippen LogP contribution in [0.25, 0.3) is 0 Å². The van der Waals surface area contributed by atoms with Crippen LogP contribution in [0.15, 0.2) is 28.7 Å². The molecule has 0 unspecified atom stereocenters. The van der Waals surface area contributed by atoms with Crippen LogP contribution in [0.4, 0.5) is 0 Å². The highest BCUT2D eigenvalue weighted by atomic mass is 32.2. The summed E-state index contributed by atoms with van der Waals surface area (Å²) in [6, 6.07) is 8.26. The van der Waals surface area contributed by atoms with E-state index in [1.807, 2.05) is 6.07 Å². The van der Waals surface area contributed by atoms with E-state index >= 15 is 0 Å². The van der Waals surface area contributed by atoms with E-state index in [4.69, 9.17) is 4.43 Å². The van der Waals surface area contributed by atoms with Crippen LogP contribution < -0.4 is 4.43 Å². The van der Waals surface area contributed by atoms with Crippen molar-refractivity contribution in [3.63, 3.8) is 0 Å². The summed E-state index contributed by atoms with van der Waals surface area (Å²) in [6.45, 7) is 19.9. The van der Waals surface area contributed by atoms with Crippen molar-refractivity contribution in [2.24, 2.45) is 4.40 Å². The van der Waals surface area contributed by atoms with Crippen molar-refractivity contribution in [3.8, 4) is 5.75 Å². The van der Waals surface area contributed by atoms with Gasteiger partial charge in [-0.3, -0.25) is 0 Å². The summed E-state index contributed by atoms with van der Waals surface area (Å²) < 4.78 is 11.3. The molecule has 0 radical (unpaired) electrons. The quantitative estimate of drug-likeness (QED) is 0.364. The standard InChI is InChI=1S/C18H31NOSSi/c1-14(19-21-17(2,3)4)15-12-10-11-13-16(15)20-22(8,9)18(5,6)7/h10-13H,1-9H3. The highest BCUT2D eigenvalue weighted by Gasteiger charge is 2.39. The van der Waals surface area contributed by atoms with Crippen LogP contribution in [0.5, 0.6) is 5.75 Å². The summed E-state index contributed by atoms with van der Waals surface area (Å²) in [6.07, 6.45) is 0. The SMILES string of the molecule is CC(=NSC(C)(C)C)c1ccccc1O[Si](C)(C)C(C)(C)C. The molecule has 0 spiro atoms. The van der Waals surface area contributed by atoms with Gasteiger partial charge in [-0.1, -0.05) is 32.9 Å². The lowest BCUT2D eigenvalue weighted by atomic mass is 10.1. The zero-order valence-electron chi connectivity index (χ0n) is 15.6. The van der Waals surface area contributed by atoms with Crippen LogP contribution in [0, 0.1) is 0 Å². The Morgan fingerprint density at radius 1 is 1.05 bits per heavy atom. The van der Waals surface area contributed by atoms with Gasteiger partial charge in [0.25, 0.3) is 8.32 Å². The molecule has 1 aromatic rings. The van der Waals surface area contributed by atoms with E-state index in [9.17, 15) is 0 Å². The van der Waals surface area contributed by atoms with Crippen LogP contribution >= 0.6 is 11.9 Å². The van der Waals surface area contributed by atoms with Crippen LogP contribution in [-0.4, -0.2) is 18.8 Å². The summed E-state index contributed by atoms with van der Waals surface area (Å²) >= 11 is 1.61. The molecule has 0 saturated carbocycles. The van der Waals surface area contributed by atoms with Crippen molar-refractivity contribution in [2.45, 2.75) is 71.3 Å². The number of hydrogen-bond acceptors (Lipinski definition) is 3. The first kappa shape index (κ1) is 19.3. The van der Waals surface area contributed by atoms with Gasteiger partial charge in [-0.05, 0) is 69.9 Å². The molecule has 4 heteroatoms. The van der Waals surface area contributed by atoms with E-state index < -0.39 is 8.32 Å². The van der Waals surface area contributed by atoms with E-state index in [1.165, 1.54) is 0 Å². The first-order valence-electron chi connectivity index (χ1n) is 7.85. The lowest BCUT2D eigenvalue weighted by Crippen LogP contribution is -2.44. The molecule has 22 heavy (non-hydrogen) atoms. The monoisotopic (exact) mass is 337 g/mol. The van der Waals surface area contributed by atoms with Gasteiger partial charge in [0, 0.05) is 10.3 Å². The normalized spacial score (nSPS) is 14.1. The van der Waals surface area contributed by atoms with Crippen LogP contribution in [0.1, 0.15) is 54.0 Å². The summed E-state index contributed by atoms with van der Waals surface area (Å²) in [5, 5.41) is 0.186. The van der Waals surface area contributed by atoms with Gasteiger partial charge in [0.05, 0.1) is 5.71 Å². The van der Waals surface area contributed by atoms with E-state index in [2.05, 4.69) is 84.2 Å². The van der Waals surface area contributed by atoms with Crippen molar-refractivity contribution < 1.29 is 4.43 Å². The minimum Gasteiger partial charge on any atom is -0.543 e. The molecule has 2 nitrogen and oxygen atoms in total. The van der Waals surface area contributed by atoms with Gasteiger partial charge in [0.15, 0.2) is 0 Å². The summed E-state index contributed by atoms with van der Waals surface area (Å²) in [7, 11) is -1.84. The summed E-state index contributed by atoms with van der Waals surface area (Å²) in [5.74, 6) is 0.963. The fourth-order valence-electron chi connectivity index (χ4n) is 1.54. The third kappa shape index (κ3) is 5.47. The summed E-state index contributed by atoms with van der Waals surface area (Å²) in [5.41, 5.74) is 2.12. The Balaban J connectivity index is 3.10. The summed E-state index contributed by atoms with van der Waals surface area (Å²) in [4.78, 5) is 0. The van der Waals surface area contributed by atoms with Crippen molar-refractivity contribution in [3.05, 3.63) is 29.8 Å². The van der Waals surface area contributed by atoms with E-state index in [-0.39, 0.29) is 9.79 Å². The van der Waals surface area contributed by atoms with Gasteiger partial charge in [-0.2, -0.15) is 0 Å². The third-order valence-electron chi connectivity index (χ3n) is 3.90. The highest BCUT2D eigenvalue weighted by molar-refractivity contribution is 7.99. The fourth-order valence-corrected chi connectivity index (χ4v) is 3.08. The molecular weight excluding hydrogens is 306 g/mol. The van der Waals surface area contributed by atoms with Crippen molar-refractivity contribution in [1.82, 2.24) is 0 Å². The van der Waals surface area contributed by atoms with Crippen LogP contribution in [-0.2, 0) is 0 Å². The Bertz CT molecular complexity index is 539. The maximum absolute atomic E-state index is 6.50. The second-order valence-corrected chi connectivity index (χ2v) is 14.6. The molecule has 0 aliphatic carbocycles. The van der Waals surface area contributed by atoms with Crippen LogP contribution in [0.3, 0.4) is 0 Å². The number of para-hydroxylation sites is 1. The number of hydrogen-bond donors (Lipinski definition) is 0. The molecule has 0 aliphatic rings. The molecule has 0 saturated heterocycles. The zero-order valence-corrected chi connectivity index (χ0v) is 17.4. The molecule has 0 fully saturated rings. The fraction of sp³-hybridized carbons (Fsp3) is 0.611. The maximum Gasteiger partial charge on any atom is 0.250 e. The van der Waals surface area contributed by atoms with E-state index in [0.29, 0.717) is 0 Å². The predicted octanol–water partition coefficient (Wildman–Crippen LogP) is 6.33. The van der Waals surface area contributed by atoms with E-state index in [0.717, 1.165) is 17.0 Å². The Hall–Kier alpha value is -0.743. The number of rotatable bonds is 4. The third-order valence-corrected chi connectivity index (χ3v) is 9.16. The van der Waals surface area contributed by atoms with Gasteiger partial charge in [0.1, 0.15) is 5.75 Å². The Kier molecular flexibility index (Phi) is 5.96. The lowest BCUT2D eigenvalue weighted by molar-refractivity contribution is 0.491. The predicted molar refractivity (Wildman–Crippen MR) is 104 cm³/mol. The van der Waals surface area contributed by atoms with Gasteiger partial charge in [-0.25, -0.2) is 4.40 Å². The van der Waals surface area contributed by atoms with E-state index in [1.54, 1.807) is 11.9 Å². The smallest absolute Gasteiger partial charge is 0.250 e. The second-order valence-electron chi connectivity index (χ2n) is 8.24. The van der Waals surface area contributed by atoms with Gasteiger partial charge >= 0.3 is 0 Å². The molecule has 1 rings (SSSR count). The first-order chi connectivity index (χ1) is 9.83. The van der Waals surface area contributed by atoms with Crippen LogP contribution in [0.2, 0.25) is 18.1 Å². The average molecular weight is 338 g/mol. The second kappa shape index (κ2) is 6.79. The minimum absolute atomic E-state index is 0.122. The van der Waals surface area contributed by atoms with Gasteiger partial charge in [0.2, 0.25) is 0 Å². The topological polar surface area (TPSA) is 21.6 Å². The average Bonchev–Trinajstić information content (AvgIpc) is 2.34. The number of nitrogens with zero attached hydrogens (tertiary/aromatic N) is 1. The largest absolute Gasteiger partial charge is 0.543 e. The highest BCUT2D eigenvalue weighted by Crippen LogP contribution is 2.38. The molecular formula is C18H31NOSSi. The lowest BCUT2D eigenvalue weighted by Gasteiger charge is -2.37. The molecule has 0 heterocycles. The molecule has 0 N–H and O–H groups in total. The van der Waals surface area contributed by atoms with Gasteiger partial charge in [-0.15, -0.1) is 0 Å². The Morgan fingerprint density at radius 2 is 1.59 bits per heavy atom. The van der Waals surface area contributed by atoms with Crippen molar-refractivity contribution in [1.29, 1.82) is 0 Å². The molecule has 0 aromatic heterocycles. The minimum atomic E-state index is -1.84. The number of benzene rings is 1. The molecule has 0 atom stereocenters. The zero-order chi connectivity index (χ0) is 17.2. The van der Waals surface area contributed by atoms with Crippen molar-refractivity contribution in [2.75, 3.05) is 0 Å². The molecule has 0 amide bonds. The van der Waals surface area contributed by atoms with Gasteiger partial charge < -0.3 is 4.43 Å². The van der Waals surface area contributed by atoms with Crippen molar-refractivity contribution >= 4 is 26.0 Å². The molecule has 0 bridgehead atoms.